The van der Waals surface area contributed by atoms with Gasteiger partial charge in [0, 0.05) is 12.2 Å². The van der Waals surface area contributed by atoms with Gasteiger partial charge in [-0.25, -0.2) is 0 Å². The van der Waals surface area contributed by atoms with E-state index in [0.29, 0.717) is 41.1 Å². The summed E-state index contributed by atoms with van der Waals surface area (Å²) in [7, 11) is 1.54. The second-order valence-electron chi connectivity index (χ2n) is 6.86. The molecule has 148 valence electrons. The first-order valence-corrected chi connectivity index (χ1v) is 9.11. The van der Waals surface area contributed by atoms with Crippen LogP contribution in [0.2, 0.25) is 0 Å². The summed E-state index contributed by atoms with van der Waals surface area (Å²) < 4.78 is 16.2. The molecule has 1 aliphatic heterocycles. The van der Waals surface area contributed by atoms with Crippen molar-refractivity contribution in [1.29, 1.82) is 0 Å². The first kappa shape index (κ1) is 19.5. The van der Waals surface area contributed by atoms with Gasteiger partial charge in [-0.15, -0.1) is 0 Å². The SMILES string of the molecule is COc1ccccc1OCC(=O)Nc1ccc2c(c1)N(CC(C)C)C(=O)CO2. The first-order valence-electron chi connectivity index (χ1n) is 9.11. The number of hydrogen-bond acceptors (Lipinski definition) is 5. The molecule has 2 amide bonds. The molecule has 1 heterocycles. The van der Waals surface area contributed by atoms with Crippen molar-refractivity contribution >= 4 is 23.2 Å². The highest BCUT2D eigenvalue weighted by molar-refractivity contribution is 5.99. The molecule has 1 aliphatic rings. The number of amides is 2. The van der Waals surface area contributed by atoms with Gasteiger partial charge in [-0.05, 0) is 36.2 Å². The van der Waals surface area contributed by atoms with Crippen molar-refractivity contribution in [3.8, 4) is 17.2 Å². The van der Waals surface area contributed by atoms with E-state index in [4.69, 9.17) is 14.2 Å². The molecular weight excluding hydrogens is 360 g/mol. The van der Waals surface area contributed by atoms with Gasteiger partial charge >= 0.3 is 0 Å². The van der Waals surface area contributed by atoms with Gasteiger partial charge in [0.05, 0.1) is 12.8 Å². The highest BCUT2D eigenvalue weighted by Crippen LogP contribution is 2.35. The number of nitrogens with one attached hydrogen (secondary N) is 1. The minimum Gasteiger partial charge on any atom is -0.493 e. The average molecular weight is 384 g/mol. The average Bonchev–Trinajstić information content (AvgIpc) is 2.68. The van der Waals surface area contributed by atoms with E-state index in [-0.39, 0.29) is 25.0 Å². The van der Waals surface area contributed by atoms with Crippen LogP contribution >= 0.6 is 0 Å². The molecule has 7 nitrogen and oxygen atoms in total. The van der Waals surface area contributed by atoms with Crippen molar-refractivity contribution in [2.75, 3.05) is 37.1 Å². The molecule has 28 heavy (non-hydrogen) atoms. The molecule has 0 fully saturated rings. The lowest BCUT2D eigenvalue weighted by Gasteiger charge is -2.31. The second kappa shape index (κ2) is 8.65. The number of fused-ring (bicyclic) bond motifs is 1. The molecule has 0 saturated heterocycles. The molecule has 2 aromatic carbocycles. The van der Waals surface area contributed by atoms with Gasteiger partial charge in [0.2, 0.25) is 0 Å². The lowest BCUT2D eigenvalue weighted by atomic mass is 10.1. The highest BCUT2D eigenvalue weighted by atomic mass is 16.5. The van der Waals surface area contributed by atoms with Gasteiger partial charge in [0.1, 0.15) is 5.75 Å². The van der Waals surface area contributed by atoms with Crippen molar-refractivity contribution in [3.05, 3.63) is 42.5 Å². The smallest absolute Gasteiger partial charge is 0.265 e. The Hall–Kier alpha value is -3.22. The standard InChI is InChI=1S/C21H24N2O5/c1-14(2)11-23-16-10-15(8-9-17(16)28-13-21(23)25)22-20(24)12-27-19-7-5-4-6-18(19)26-3/h4-10,14H,11-13H2,1-3H3,(H,22,24). The fourth-order valence-corrected chi connectivity index (χ4v) is 2.92. The number of methoxy groups -OCH3 is 1. The summed E-state index contributed by atoms with van der Waals surface area (Å²) in [5.74, 6) is 1.58. The molecule has 0 saturated carbocycles. The van der Waals surface area contributed by atoms with E-state index in [2.05, 4.69) is 5.32 Å². The summed E-state index contributed by atoms with van der Waals surface area (Å²) in [6.07, 6.45) is 0. The molecular formula is C21H24N2O5. The Bertz CT molecular complexity index is 866. The van der Waals surface area contributed by atoms with Gasteiger partial charge in [-0.3, -0.25) is 9.59 Å². The molecule has 2 aromatic rings. The van der Waals surface area contributed by atoms with E-state index >= 15 is 0 Å². The van der Waals surface area contributed by atoms with Crippen LogP contribution in [0.1, 0.15) is 13.8 Å². The molecule has 7 heteroatoms. The number of benzene rings is 2. The number of nitrogens with zero attached hydrogens (tertiary/aromatic N) is 1. The third-order valence-corrected chi connectivity index (χ3v) is 4.16. The van der Waals surface area contributed by atoms with E-state index < -0.39 is 0 Å². The van der Waals surface area contributed by atoms with Crippen molar-refractivity contribution in [2.24, 2.45) is 5.92 Å². The molecule has 0 atom stereocenters. The van der Waals surface area contributed by atoms with Crippen LogP contribution in [0.15, 0.2) is 42.5 Å². The second-order valence-corrected chi connectivity index (χ2v) is 6.86. The van der Waals surface area contributed by atoms with Crippen LogP contribution in [-0.4, -0.2) is 38.7 Å². The number of ether oxygens (including phenoxy) is 3. The van der Waals surface area contributed by atoms with Crippen molar-refractivity contribution < 1.29 is 23.8 Å². The van der Waals surface area contributed by atoms with Crippen molar-refractivity contribution in [3.63, 3.8) is 0 Å². The molecule has 0 bridgehead atoms. The van der Waals surface area contributed by atoms with E-state index in [9.17, 15) is 9.59 Å². The van der Waals surface area contributed by atoms with Crippen molar-refractivity contribution in [1.82, 2.24) is 0 Å². The van der Waals surface area contributed by atoms with Crippen LogP contribution in [-0.2, 0) is 9.59 Å². The zero-order valence-electron chi connectivity index (χ0n) is 16.2. The van der Waals surface area contributed by atoms with E-state index in [0.717, 1.165) is 0 Å². The molecule has 0 aliphatic carbocycles. The van der Waals surface area contributed by atoms with Gasteiger partial charge < -0.3 is 24.4 Å². The van der Waals surface area contributed by atoms with Gasteiger partial charge in [0.15, 0.2) is 24.7 Å². The number of carbonyl (C=O) groups is 2. The number of carbonyl (C=O) groups excluding carboxylic acids is 2. The Labute approximate surface area is 164 Å². The fourth-order valence-electron chi connectivity index (χ4n) is 2.92. The number of anilines is 2. The Morgan fingerprint density at radius 1 is 1.21 bits per heavy atom. The lowest BCUT2D eigenvalue weighted by Crippen LogP contribution is -2.41. The Morgan fingerprint density at radius 2 is 1.96 bits per heavy atom. The quantitative estimate of drug-likeness (QED) is 0.794. The van der Waals surface area contributed by atoms with Crippen LogP contribution < -0.4 is 24.4 Å². The lowest BCUT2D eigenvalue weighted by molar-refractivity contribution is -0.121. The van der Waals surface area contributed by atoms with Crippen molar-refractivity contribution in [2.45, 2.75) is 13.8 Å². The maximum Gasteiger partial charge on any atom is 0.265 e. The summed E-state index contributed by atoms with van der Waals surface area (Å²) in [6, 6.07) is 12.4. The van der Waals surface area contributed by atoms with Crippen LogP contribution in [0.25, 0.3) is 0 Å². The normalized spacial score (nSPS) is 13.0. The maximum absolute atomic E-state index is 12.3. The third kappa shape index (κ3) is 4.54. The van der Waals surface area contributed by atoms with Crippen LogP contribution in [0.5, 0.6) is 17.2 Å². The fraction of sp³-hybridized carbons (Fsp3) is 0.333. The molecule has 0 unspecified atom stereocenters. The minimum atomic E-state index is -0.315. The number of hydrogen-bond donors (Lipinski definition) is 1. The summed E-state index contributed by atoms with van der Waals surface area (Å²) in [5, 5.41) is 2.79. The minimum absolute atomic E-state index is 0.0260. The molecule has 1 N–H and O–H groups in total. The molecule has 0 aromatic heterocycles. The maximum atomic E-state index is 12.3. The Kier molecular flexibility index (Phi) is 6.03. The zero-order valence-corrected chi connectivity index (χ0v) is 16.2. The highest BCUT2D eigenvalue weighted by Gasteiger charge is 2.26. The Balaban J connectivity index is 1.68. The van der Waals surface area contributed by atoms with E-state index in [1.165, 1.54) is 0 Å². The molecule has 3 rings (SSSR count). The topological polar surface area (TPSA) is 77.1 Å². The zero-order chi connectivity index (χ0) is 20.1. The first-order chi connectivity index (χ1) is 13.5. The number of para-hydroxylation sites is 2. The van der Waals surface area contributed by atoms with Gasteiger partial charge in [-0.2, -0.15) is 0 Å². The predicted octanol–water partition coefficient (Wildman–Crippen LogP) is 3.09. The summed E-state index contributed by atoms with van der Waals surface area (Å²) in [5.41, 5.74) is 1.23. The van der Waals surface area contributed by atoms with Crippen LogP contribution in [0, 0.1) is 5.92 Å². The van der Waals surface area contributed by atoms with Crippen LogP contribution in [0.3, 0.4) is 0 Å². The predicted molar refractivity (Wildman–Crippen MR) is 106 cm³/mol. The monoisotopic (exact) mass is 384 g/mol. The van der Waals surface area contributed by atoms with Gasteiger partial charge in [0.25, 0.3) is 11.8 Å². The summed E-state index contributed by atoms with van der Waals surface area (Å²) in [6.45, 7) is 4.54. The summed E-state index contributed by atoms with van der Waals surface area (Å²) >= 11 is 0. The van der Waals surface area contributed by atoms with Crippen LogP contribution in [0.4, 0.5) is 11.4 Å². The molecule has 0 radical (unpaired) electrons. The molecule has 0 spiro atoms. The van der Waals surface area contributed by atoms with E-state index in [1.807, 2.05) is 19.9 Å². The Morgan fingerprint density at radius 3 is 2.68 bits per heavy atom. The number of rotatable bonds is 7. The largest absolute Gasteiger partial charge is 0.493 e. The van der Waals surface area contributed by atoms with Gasteiger partial charge in [-0.1, -0.05) is 26.0 Å². The summed E-state index contributed by atoms with van der Waals surface area (Å²) in [4.78, 5) is 26.2. The van der Waals surface area contributed by atoms with E-state index in [1.54, 1.807) is 48.4 Å². The third-order valence-electron chi connectivity index (χ3n) is 4.16.